The maximum Gasteiger partial charge on any atom is 0.126 e. The predicted molar refractivity (Wildman–Crippen MR) is 51.6 cm³/mol. The number of benzene rings is 1. The van der Waals surface area contributed by atoms with Crippen LogP contribution in [0.3, 0.4) is 0 Å². The lowest BCUT2D eigenvalue weighted by atomic mass is 10.1. The molecule has 0 bridgehead atoms. The van der Waals surface area contributed by atoms with E-state index in [9.17, 15) is 9.50 Å². The zero-order valence-corrected chi connectivity index (χ0v) is 8.11. The quantitative estimate of drug-likeness (QED) is 0.781. The minimum atomic E-state index is -0.946. The molecule has 78 valence electrons. The molecule has 2 rings (SSSR count). The summed E-state index contributed by atoms with van der Waals surface area (Å²) in [5.41, 5.74) is 1.39. The van der Waals surface area contributed by atoms with Gasteiger partial charge in [-0.1, -0.05) is 12.1 Å². The highest BCUT2D eigenvalue weighted by Crippen LogP contribution is 2.21. The summed E-state index contributed by atoms with van der Waals surface area (Å²) < 4.78 is 13.2. The molecular formula is C10H10FN3O. The Bertz CT molecular complexity index is 456. The van der Waals surface area contributed by atoms with Gasteiger partial charge >= 0.3 is 0 Å². The van der Waals surface area contributed by atoms with Crippen molar-refractivity contribution in [2.75, 3.05) is 0 Å². The Morgan fingerprint density at radius 3 is 2.87 bits per heavy atom. The van der Waals surface area contributed by atoms with E-state index in [0.29, 0.717) is 16.8 Å². The molecule has 2 N–H and O–H groups in total. The molecule has 0 saturated heterocycles. The molecule has 2 aromatic rings. The van der Waals surface area contributed by atoms with Crippen LogP contribution in [0.25, 0.3) is 0 Å². The lowest BCUT2D eigenvalue weighted by molar-refractivity contribution is 0.214. The van der Waals surface area contributed by atoms with E-state index in [1.807, 2.05) is 0 Å². The van der Waals surface area contributed by atoms with Gasteiger partial charge in [0, 0.05) is 0 Å². The van der Waals surface area contributed by atoms with Gasteiger partial charge in [-0.05, 0) is 24.1 Å². The summed E-state index contributed by atoms with van der Waals surface area (Å²) in [6.45, 7) is 1.67. The lowest BCUT2D eigenvalue weighted by Gasteiger charge is -2.08. The van der Waals surface area contributed by atoms with Gasteiger partial charge < -0.3 is 5.11 Å². The molecule has 0 aliphatic carbocycles. The van der Waals surface area contributed by atoms with Crippen LogP contribution in [0.4, 0.5) is 4.39 Å². The summed E-state index contributed by atoms with van der Waals surface area (Å²) in [4.78, 5) is 0. The second-order valence-electron chi connectivity index (χ2n) is 3.31. The van der Waals surface area contributed by atoms with Crippen LogP contribution in [0.2, 0.25) is 0 Å². The lowest BCUT2D eigenvalue weighted by Crippen LogP contribution is -2.01. The van der Waals surface area contributed by atoms with E-state index in [4.69, 9.17) is 0 Å². The number of halogens is 1. The van der Waals surface area contributed by atoms with Crippen LogP contribution in [0.15, 0.2) is 24.4 Å². The highest BCUT2D eigenvalue weighted by Gasteiger charge is 2.14. The van der Waals surface area contributed by atoms with Crippen LogP contribution >= 0.6 is 0 Å². The zero-order valence-electron chi connectivity index (χ0n) is 8.11. The van der Waals surface area contributed by atoms with Crippen molar-refractivity contribution in [2.24, 2.45) is 0 Å². The van der Waals surface area contributed by atoms with Gasteiger partial charge in [-0.25, -0.2) is 4.39 Å². The minimum absolute atomic E-state index is 0.338. The fraction of sp³-hybridized carbons (Fsp3) is 0.200. The molecule has 0 radical (unpaired) electrons. The minimum Gasteiger partial charge on any atom is -0.382 e. The Labute approximate surface area is 85.8 Å². The Morgan fingerprint density at radius 2 is 2.27 bits per heavy atom. The second-order valence-corrected chi connectivity index (χ2v) is 3.31. The zero-order chi connectivity index (χ0) is 10.8. The number of aliphatic hydroxyl groups excluding tert-OH is 1. The predicted octanol–water partition coefficient (Wildman–Crippen LogP) is 1.33. The van der Waals surface area contributed by atoms with Crippen molar-refractivity contribution in [3.8, 4) is 0 Å². The summed E-state index contributed by atoms with van der Waals surface area (Å²) in [6.07, 6.45) is 0.460. The summed E-state index contributed by atoms with van der Waals surface area (Å²) in [5.74, 6) is -0.338. The number of aryl methyl sites for hydroxylation is 1. The summed E-state index contributed by atoms with van der Waals surface area (Å²) in [7, 11) is 0. The largest absolute Gasteiger partial charge is 0.382 e. The molecule has 1 heterocycles. The van der Waals surface area contributed by atoms with Crippen LogP contribution in [0.5, 0.6) is 0 Å². The number of nitrogens with zero attached hydrogens (tertiary/aromatic N) is 2. The highest BCUT2D eigenvalue weighted by atomic mass is 19.1. The number of hydrogen-bond acceptors (Lipinski definition) is 3. The van der Waals surface area contributed by atoms with Gasteiger partial charge in [-0.15, -0.1) is 0 Å². The molecule has 0 saturated carbocycles. The maximum absolute atomic E-state index is 13.2. The third kappa shape index (κ3) is 1.87. The molecule has 4 nitrogen and oxygen atoms in total. The summed E-state index contributed by atoms with van der Waals surface area (Å²) in [6, 6.07) is 4.58. The molecule has 5 heteroatoms. The summed E-state index contributed by atoms with van der Waals surface area (Å²) >= 11 is 0. The Balaban J connectivity index is 2.34. The number of rotatable bonds is 2. The topological polar surface area (TPSA) is 61.8 Å². The normalized spacial score (nSPS) is 12.7. The van der Waals surface area contributed by atoms with E-state index in [-0.39, 0.29) is 5.82 Å². The van der Waals surface area contributed by atoms with E-state index in [0.717, 1.165) is 0 Å². The number of aliphatic hydroxyl groups is 1. The van der Waals surface area contributed by atoms with E-state index in [1.165, 1.54) is 12.3 Å². The molecular weight excluding hydrogens is 197 g/mol. The first kappa shape index (κ1) is 9.79. The molecule has 15 heavy (non-hydrogen) atoms. The standard InChI is InChI=1S/C10H10FN3O/c1-6-2-3-7(4-8(6)11)10(15)9-5-12-14-13-9/h2-5,10,15H,1H3,(H,12,13,14). The fourth-order valence-electron chi connectivity index (χ4n) is 1.29. The molecule has 1 unspecified atom stereocenters. The first-order valence-corrected chi connectivity index (χ1v) is 4.48. The molecule has 0 aliphatic heterocycles. The maximum atomic E-state index is 13.2. The van der Waals surface area contributed by atoms with Gasteiger partial charge in [0.15, 0.2) is 0 Å². The number of nitrogens with one attached hydrogen (secondary N) is 1. The van der Waals surface area contributed by atoms with Crippen molar-refractivity contribution in [3.05, 3.63) is 47.0 Å². The molecule has 0 amide bonds. The smallest absolute Gasteiger partial charge is 0.126 e. The van der Waals surface area contributed by atoms with Gasteiger partial charge in [0.2, 0.25) is 0 Å². The van der Waals surface area contributed by atoms with E-state index in [2.05, 4.69) is 15.4 Å². The summed E-state index contributed by atoms with van der Waals surface area (Å²) in [5, 5.41) is 19.5. The second kappa shape index (κ2) is 3.78. The average Bonchev–Trinajstić information content (AvgIpc) is 2.74. The Hall–Kier alpha value is -1.75. The van der Waals surface area contributed by atoms with Crippen molar-refractivity contribution in [3.63, 3.8) is 0 Å². The monoisotopic (exact) mass is 207 g/mol. The van der Waals surface area contributed by atoms with Gasteiger partial charge in [0.25, 0.3) is 0 Å². The van der Waals surface area contributed by atoms with Crippen LogP contribution < -0.4 is 0 Å². The molecule has 1 atom stereocenters. The van der Waals surface area contributed by atoms with Crippen molar-refractivity contribution < 1.29 is 9.50 Å². The average molecular weight is 207 g/mol. The van der Waals surface area contributed by atoms with Gasteiger partial charge in [0.1, 0.15) is 17.6 Å². The van der Waals surface area contributed by atoms with E-state index in [1.54, 1.807) is 19.1 Å². The number of aromatic nitrogens is 3. The molecule has 1 aromatic carbocycles. The first-order chi connectivity index (χ1) is 7.18. The highest BCUT2D eigenvalue weighted by molar-refractivity contribution is 5.28. The van der Waals surface area contributed by atoms with Gasteiger partial charge in [-0.3, -0.25) is 0 Å². The van der Waals surface area contributed by atoms with Crippen molar-refractivity contribution in [2.45, 2.75) is 13.0 Å². The van der Waals surface area contributed by atoms with Crippen molar-refractivity contribution in [1.82, 2.24) is 15.4 Å². The Morgan fingerprint density at radius 1 is 1.47 bits per heavy atom. The van der Waals surface area contributed by atoms with Gasteiger partial charge in [-0.2, -0.15) is 15.4 Å². The number of aromatic amines is 1. The molecule has 1 aromatic heterocycles. The molecule has 0 aliphatic rings. The van der Waals surface area contributed by atoms with E-state index >= 15 is 0 Å². The van der Waals surface area contributed by atoms with Crippen molar-refractivity contribution >= 4 is 0 Å². The molecule has 0 spiro atoms. The third-order valence-electron chi connectivity index (χ3n) is 2.23. The van der Waals surface area contributed by atoms with Crippen LogP contribution in [0, 0.1) is 12.7 Å². The number of hydrogen-bond donors (Lipinski definition) is 2. The van der Waals surface area contributed by atoms with Gasteiger partial charge in [0.05, 0.1) is 6.20 Å². The third-order valence-corrected chi connectivity index (χ3v) is 2.23. The molecule has 0 fully saturated rings. The number of H-pyrrole nitrogens is 1. The van der Waals surface area contributed by atoms with Crippen LogP contribution in [-0.2, 0) is 0 Å². The van der Waals surface area contributed by atoms with Crippen LogP contribution in [-0.4, -0.2) is 20.5 Å². The van der Waals surface area contributed by atoms with E-state index < -0.39 is 6.10 Å². The van der Waals surface area contributed by atoms with Crippen molar-refractivity contribution in [1.29, 1.82) is 0 Å². The SMILES string of the molecule is Cc1ccc(C(O)c2cn[nH]n2)cc1F. The Kier molecular flexibility index (Phi) is 2.47. The first-order valence-electron chi connectivity index (χ1n) is 4.48. The fourth-order valence-corrected chi connectivity index (χ4v) is 1.29. The van der Waals surface area contributed by atoms with Crippen LogP contribution in [0.1, 0.15) is 22.9 Å².